The van der Waals surface area contributed by atoms with Gasteiger partial charge in [0.1, 0.15) is 5.78 Å². The Balaban J connectivity index is 1.96. The lowest BCUT2D eigenvalue weighted by atomic mass is 9.64. The maximum absolute atomic E-state index is 11.8. The monoisotopic (exact) mass is 198 g/mol. The largest absolute Gasteiger partial charge is 0.298 e. The van der Waals surface area contributed by atoms with Crippen molar-refractivity contribution in [1.29, 1.82) is 0 Å². The van der Waals surface area contributed by atoms with Crippen LogP contribution in [0.15, 0.2) is 0 Å². The average molecular weight is 198 g/mol. The molecule has 3 rings (SSSR count). The lowest BCUT2D eigenvalue weighted by Gasteiger charge is -2.41. The van der Waals surface area contributed by atoms with Crippen LogP contribution in [-0.4, -0.2) is 17.8 Å². The molecule has 0 saturated heterocycles. The molecule has 3 fully saturated rings. The van der Waals surface area contributed by atoms with Gasteiger partial charge in [-0.15, -0.1) is 0 Å². The van der Waals surface area contributed by atoms with Gasteiger partial charge in [-0.2, -0.15) is 11.8 Å². The van der Waals surface area contributed by atoms with E-state index in [-0.39, 0.29) is 0 Å². The molecule has 0 heterocycles. The Bertz CT molecular complexity index is 194. The van der Waals surface area contributed by atoms with E-state index in [0.717, 1.165) is 17.6 Å². The number of rotatable bonds is 3. The lowest BCUT2D eigenvalue weighted by Crippen LogP contribution is -2.36. The molecule has 1 atom stereocenters. The second-order valence-corrected chi connectivity index (χ2v) is 5.39. The highest BCUT2D eigenvalue weighted by molar-refractivity contribution is 7.99. The van der Waals surface area contributed by atoms with E-state index < -0.39 is 0 Å². The molecule has 0 aromatic carbocycles. The summed E-state index contributed by atoms with van der Waals surface area (Å²) in [6, 6.07) is 0. The number of carbonyl (C=O) groups excluding carboxylic acids is 1. The fraction of sp³-hybridized carbons (Fsp3) is 0.909. The summed E-state index contributed by atoms with van der Waals surface area (Å²) in [7, 11) is 0. The Morgan fingerprint density at radius 2 is 2.00 bits per heavy atom. The molecule has 0 amide bonds. The summed E-state index contributed by atoms with van der Waals surface area (Å²) < 4.78 is 0. The van der Waals surface area contributed by atoms with Crippen LogP contribution in [0.1, 0.15) is 32.1 Å². The Kier molecular flexibility index (Phi) is 2.97. The van der Waals surface area contributed by atoms with E-state index in [9.17, 15) is 4.79 Å². The Morgan fingerprint density at radius 3 is 2.46 bits per heavy atom. The number of carbonyl (C=O) groups is 1. The average Bonchev–Trinajstić information content (AvgIpc) is 2.20. The molecule has 0 N–H and O–H groups in total. The van der Waals surface area contributed by atoms with Crippen LogP contribution in [0, 0.1) is 17.8 Å². The second-order valence-electron chi connectivity index (χ2n) is 4.52. The number of thioether (sulfide) groups is 1. The molecule has 0 spiro atoms. The van der Waals surface area contributed by atoms with Gasteiger partial charge in [0.05, 0.1) is 5.75 Å². The maximum atomic E-state index is 11.8. The first-order valence-electron chi connectivity index (χ1n) is 5.33. The fourth-order valence-corrected chi connectivity index (χ4v) is 3.52. The van der Waals surface area contributed by atoms with Crippen LogP contribution >= 0.6 is 11.8 Å². The fourth-order valence-electron chi connectivity index (χ4n) is 3.02. The Morgan fingerprint density at radius 1 is 1.31 bits per heavy atom. The van der Waals surface area contributed by atoms with Gasteiger partial charge >= 0.3 is 0 Å². The van der Waals surface area contributed by atoms with Crippen molar-refractivity contribution in [3.8, 4) is 0 Å². The van der Waals surface area contributed by atoms with Crippen molar-refractivity contribution < 1.29 is 4.79 Å². The molecule has 2 bridgehead atoms. The zero-order valence-corrected chi connectivity index (χ0v) is 9.11. The quantitative estimate of drug-likeness (QED) is 0.693. The third-order valence-electron chi connectivity index (χ3n) is 3.75. The van der Waals surface area contributed by atoms with Gasteiger partial charge in [0, 0.05) is 5.92 Å². The number of hydrogen-bond donors (Lipinski definition) is 0. The first kappa shape index (κ1) is 9.57. The third-order valence-corrected chi connectivity index (χ3v) is 4.32. The standard InChI is InChI=1S/C11H18OS/c1-13-7-11(12)10-6-8-2-4-9(10)5-3-8/h8-10H,2-7H2,1H3. The first-order valence-corrected chi connectivity index (χ1v) is 6.72. The SMILES string of the molecule is CSCC(=O)C1CC2CCC1CC2. The molecular weight excluding hydrogens is 180 g/mol. The summed E-state index contributed by atoms with van der Waals surface area (Å²) >= 11 is 1.68. The zero-order valence-electron chi connectivity index (χ0n) is 8.29. The topological polar surface area (TPSA) is 17.1 Å². The van der Waals surface area contributed by atoms with Gasteiger partial charge in [-0.3, -0.25) is 4.79 Å². The van der Waals surface area contributed by atoms with Crippen LogP contribution in [0.5, 0.6) is 0 Å². The smallest absolute Gasteiger partial charge is 0.146 e. The second kappa shape index (κ2) is 4.04. The van der Waals surface area contributed by atoms with Crippen LogP contribution < -0.4 is 0 Å². The minimum Gasteiger partial charge on any atom is -0.298 e. The predicted octanol–water partition coefficient (Wildman–Crippen LogP) is 2.74. The highest BCUT2D eigenvalue weighted by Gasteiger charge is 2.38. The summed E-state index contributed by atoms with van der Waals surface area (Å²) in [5, 5.41) is 0. The van der Waals surface area contributed by atoms with E-state index in [2.05, 4.69) is 0 Å². The van der Waals surface area contributed by atoms with E-state index in [1.54, 1.807) is 11.8 Å². The Labute approximate surface area is 84.7 Å². The summed E-state index contributed by atoms with van der Waals surface area (Å²) in [6.07, 6.45) is 8.69. The molecule has 1 unspecified atom stereocenters. The molecule has 74 valence electrons. The summed E-state index contributed by atoms with van der Waals surface area (Å²) in [5.41, 5.74) is 0. The highest BCUT2D eigenvalue weighted by atomic mass is 32.2. The summed E-state index contributed by atoms with van der Waals surface area (Å²) in [4.78, 5) is 11.8. The maximum Gasteiger partial charge on any atom is 0.146 e. The highest BCUT2D eigenvalue weighted by Crippen LogP contribution is 2.45. The van der Waals surface area contributed by atoms with Crippen LogP contribution in [0.2, 0.25) is 0 Å². The van der Waals surface area contributed by atoms with Gasteiger partial charge < -0.3 is 0 Å². The van der Waals surface area contributed by atoms with Crippen molar-refractivity contribution in [3.63, 3.8) is 0 Å². The first-order chi connectivity index (χ1) is 6.31. The van der Waals surface area contributed by atoms with Gasteiger partial charge in [0.25, 0.3) is 0 Å². The minimum absolute atomic E-state index is 0.444. The molecule has 3 aliphatic carbocycles. The summed E-state index contributed by atoms with van der Waals surface area (Å²) in [5.74, 6) is 3.36. The molecule has 1 nitrogen and oxygen atoms in total. The predicted molar refractivity (Wildman–Crippen MR) is 56.9 cm³/mol. The van der Waals surface area contributed by atoms with E-state index in [1.807, 2.05) is 6.26 Å². The van der Waals surface area contributed by atoms with Crippen LogP contribution in [0.25, 0.3) is 0 Å². The molecule has 3 saturated carbocycles. The summed E-state index contributed by atoms with van der Waals surface area (Å²) in [6.45, 7) is 0. The van der Waals surface area contributed by atoms with E-state index in [0.29, 0.717) is 11.7 Å². The zero-order chi connectivity index (χ0) is 9.26. The molecule has 0 radical (unpaired) electrons. The van der Waals surface area contributed by atoms with E-state index >= 15 is 0 Å². The van der Waals surface area contributed by atoms with Gasteiger partial charge in [0.15, 0.2) is 0 Å². The number of hydrogen-bond acceptors (Lipinski definition) is 2. The van der Waals surface area contributed by atoms with Crippen LogP contribution in [0.4, 0.5) is 0 Å². The minimum atomic E-state index is 0.444. The van der Waals surface area contributed by atoms with Gasteiger partial charge in [-0.1, -0.05) is 12.8 Å². The van der Waals surface area contributed by atoms with Gasteiger partial charge in [-0.05, 0) is 37.4 Å². The van der Waals surface area contributed by atoms with Crippen LogP contribution in [0.3, 0.4) is 0 Å². The number of fused-ring (bicyclic) bond motifs is 3. The normalized spacial score (nSPS) is 37.8. The molecule has 0 aromatic rings. The van der Waals surface area contributed by atoms with E-state index in [4.69, 9.17) is 0 Å². The molecule has 0 aliphatic heterocycles. The van der Waals surface area contributed by atoms with Crippen molar-refractivity contribution in [2.45, 2.75) is 32.1 Å². The van der Waals surface area contributed by atoms with Crippen LogP contribution in [-0.2, 0) is 4.79 Å². The third kappa shape index (κ3) is 1.93. The number of ketones is 1. The molecular formula is C11H18OS. The lowest BCUT2D eigenvalue weighted by molar-refractivity contribution is -0.125. The molecule has 2 heteroatoms. The van der Waals surface area contributed by atoms with Gasteiger partial charge in [0.2, 0.25) is 0 Å². The van der Waals surface area contributed by atoms with Crippen molar-refractivity contribution in [1.82, 2.24) is 0 Å². The molecule has 13 heavy (non-hydrogen) atoms. The Hall–Kier alpha value is 0.0200. The number of Topliss-reactive ketones (excluding diaryl/α,β-unsaturated/α-hetero) is 1. The van der Waals surface area contributed by atoms with Crippen molar-refractivity contribution in [2.24, 2.45) is 17.8 Å². The van der Waals surface area contributed by atoms with Gasteiger partial charge in [-0.25, -0.2) is 0 Å². The van der Waals surface area contributed by atoms with Crippen molar-refractivity contribution in [3.05, 3.63) is 0 Å². The van der Waals surface area contributed by atoms with E-state index in [1.165, 1.54) is 32.1 Å². The molecule has 3 aliphatic rings. The van der Waals surface area contributed by atoms with Crippen molar-refractivity contribution in [2.75, 3.05) is 12.0 Å². The van der Waals surface area contributed by atoms with Crippen molar-refractivity contribution >= 4 is 17.5 Å². The molecule has 0 aromatic heterocycles.